The number of benzene rings is 2. The van der Waals surface area contributed by atoms with Gasteiger partial charge in [-0.3, -0.25) is 10.1 Å². The van der Waals surface area contributed by atoms with Crippen molar-refractivity contribution in [2.24, 2.45) is 0 Å². The molecule has 0 unspecified atom stereocenters. The summed E-state index contributed by atoms with van der Waals surface area (Å²) < 4.78 is 38.4. The molecular formula is C19H15F3N2O2. The molecule has 0 saturated heterocycles. The lowest BCUT2D eigenvalue weighted by atomic mass is 9.90. The molecule has 4 nitrogen and oxygen atoms in total. The van der Waals surface area contributed by atoms with E-state index in [1.807, 2.05) is 24.3 Å². The number of H-pyrrole nitrogens is 1. The zero-order valence-electron chi connectivity index (χ0n) is 13.5. The number of carbonyl (C=O) groups is 1. The van der Waals surface area contributed by atoms with E-state index >= 15 is 0 Å². The summed E-state index contributed by atoms with van der Waals surface area (Å²) in [5, 5.41) is 13.4. The van der Waals surface area contributed by atoms with Gasteiger partial charge in [-0.15, -0.1) is 0 Å². The van der Waals surface area contributed by atoms with Crippen LogP contribution in [0, 0.1) is 0 Å². The highest BCUT2D eigenvalue weighted by molar-refractivity contribution is 5.87. The summed E-state index contributed by atoms with van der Waals surface area (Å²) in [6.45, 7) is 0. The average molecular weight is 360 g/mol. The number of alkyl halides is 3. The van der Waals surface area contributed by atoms with Gasteiger partial charge >= 0.3 is 12.1 Å². The highest BCUT2D eigenvalue weighted by Crippen LogP contribution is 2.36. The normalized spacial score (nSPS) is 20.1. The predicted molar refractivity (Wildman–Crippen MR) is 89.8 cm³/mol. The third-order valence-corrected chi connectivity index (χ3v) is 4.78. The van der Waals surface area contributed by atoms with E-state index in [2.05, 4.69) is 10.3 Å². The van der Waals surface area contributed by atoms with Gasteiger partial charge in [0, 0.05) is 23.0 Å². The molecule has 0 radical (unpaired) electrons. The van der Waals surface area contributed by atoms with Gasteiger partial charge in [0.1, 0.15) is 6.04 Å². The van der Waals surface area contributed by atoms with Gasteiger partial charge in [-0.1, -0.05) is 30.3 Å². The number of nitrogens with one attached hydrogen (secondary N) is 2. The maximum atomic E-state index is 12.8. The van der Waals surface area contributed by atoms with Gasteiger partial charge in [-0.25, -0.2) is 0 Å². The first-order valence-electron chi connectivity index (χ1n) is 8.10. The van der Waals surface area contributed by atoms with Crippen molar-refractivity contribution in [2.45, 2.75) is 24.7 Å². The van der Waals surface area contributed by atoms with E-state index in [-0.39, 0.29) is 0 Å². The van der Waals surface area contributed by atoms with Crippen LogP contribution in [0.1, 0.15) is 28.4 Å². The van der Waals surface area contributed by atoms with Crippen LogP contribution in [-0.2, 0) is 17.4 Å². The molecule has 0 spiro atoms. The molecule has 1 aliphatic heterocycles. The zero-order chi connectivity index (χ0) is 18.5. The van der Waals surface area contributed by atoms with E-state index in [0.717, 1.165) is 34.3 Å². The van der Waals surface area contributed by atoms with Crippen molar-refractivity contribution < 1.29 is 23.1 Å². The van der Waals surface area contributed by atoms with Crippen LogP contribution in [0.5, 0.6) is 0 Å². The van der Waals surface area contributed by atoms with Crippen LogP contribution in [0.4, 0.5) is 13.2 Å². The standard InChI is InChI=1S/C19H15F3N2O2/c20-19(21,22)11-7-5-10(6-8-11)16-17-13(9-15(24-16)18(25)26)12-3-1-2-4-14(12)23-17/h1-8,15-16,23-24H,9H2,(H,25,26)/t15-,16-/m1/s1. The lowest BCUT2D eigenvalue weighted by molar-refractivity contribution is -0.140. The van der Waals surface area contributed by atoms with E-state index < -0.39 is 29.8 Å². The maximum Gasteiger partial charge on any atom is 0.416 e. The Bertz CT molecular complexity index is 977. The summed E-state index contributed by atoms with van der Waals surface area (Å²) in [5.41, 5.74) is 2.41. The molecule has 1 aromatic heterocycles. The topological polar surface area (TPSA) is 65.1 Å². The third-order valence-electron chi connectivity index (χ3n) is 4.78. The predicted octanol–water partition coefficient (Wildman–Crippen LogP) is 3.88. The van der Waals surface area contributed by atoms with Crippen molar-refractivity contribution in [3.05, 3.63) is 70.9 Å². The largest absolute Gasteiger partial charge is 0.480 e. The van der Waals surface area contributed by atoms with E-state index in [4.69, 9.17) is 0 Å². The van der Waals surface area contributed by atoms with Crippen LogP contribution < -0.4 is 5.32 Å². The molecule has 3 aromatic rings. The number of carboxylic acid groups (broad SMARTS) is 1. The van der Waals surface area contributed by atoms with Crippen molar-refractivity contribution in [3.63, 3.8) is 0 Å². The molecule has 0 aliphatic carbocycles. The Balaban J connectivity index is 1.82. The molecule has 0 amide bonds. The fraction of sp³-hybridized carbons (Fsp3) is 0.211. The molecule has 3 N–H and O–H groups in total. The number of carboxylic acids is 1. The van der Waals surface area contributed by atoms with Crippen LogP contribution in [-0.4, -0.2) is 22.1 Å². The fourth-order valence-corrected chi connectivity index (χ4v) is 3.52. The minimum atomic E-state index is -4.41. The lowest BCUT2D eigenvalue weighted by Gasteiger charge is -2.29. The van der Waals surface area contributed by atoms with Crippen molar-refractivity contribution in [1.29, 1.82) is 0 Å². The fourth-order valence-electron chi connectivity index (χ4n) is 3.52. The molecule has 0 bridgehead atoms. The number of hydrogen-bond acceptors (Lipinski definition) is 2. The number of aromatic amines is 1. The van der Waals surface area contributed by atoms with Gasteiger partial charge in [-0.2, -0.15) is 13.2 Å². The van der Waals surface area contributed by atoms with E-state index in [1.165, 1.54) is 12.1 Å². The second kappa shape index (κ2) is 5.88. The van der Waals surface area contributed by atoms with Gasteiger partial charge in [-0.05, 0) is 29.3 Å². The summed E-state index contributed by atoms with van der Waals surface area (Å²) in [4.78, 5) is 14.9. The highest BCUT2D eigenvalue weighted by atomic mass is 19.4. The molecule has 1 aliphatic rings. The van der Waals surface area contributed by atoms with Gasteiger partial charge in [0.15, 0.2) is 0 Å². The Hall–Kier alpha value is -2.80. The van der Waals surface area contributed by atoms with Crippen LogP contribution in [0.3, 0.4) is 0 Å². The number of para-hydroxylation sites is 1. The molecule has 0 fully saturated rings. The molecule has 2 atom stereocenters. The number of rotatable bonds is 2. The van der Waals surface area contributed by atoms with Gasteiger partial charge < -0.3 is 10.1 Å². The summed E-state index contributed by atoms with van der Waals surface area (Å²) in [7, 11) is 0. The molecule has 0 saturated carbocycles. The molecular weight excluding hydrogens is 345 g/mol. The van der Waals surface area contributed by atoms with Crippen LogP contribution >= 0.6 is 0 Å². The summed E-state index contributed by atoms with van der Waals surface area (Å²) >= 11 is 0. The van der Waals surface area contributed by atoms with Crippen molar-refractivity contribution >= 4 is 16.9 Å². The van der Waals surface area contributed by atoms with E-state index in [1.54, 1.807) is 0 Å². The Kier molecular flexibility index (Phi) is 3.77. The molecule has 2 heterocycles. The Labute approximate surface area is 146 Å². The SMILES string of the molecule is O=C(O)[C@H]1Cc2c([nH]c3ccccc23)[C@@H](c2ccc(C(F)(F)F)cc2)N1. The molecule has 26 heavy (non-hydrogen) atoms. The monoisotopic (exact) mass is 360 g/mol. The zero-order valence-corrected chi connectivity index (χ0v) is 13.5. The number of aliphatic carboxylic acids is 1. The van der Waals surface area contributed by atoms with Gasteiger partial charge in [0.05, 0.1) is 11.6 Å². The molecule has 4 rings (SSSR count). The second-order valence-electron chi connectivity index (χ2n) is 6.38. The van der Waals surface area contributed by atoms with Crippen LogP contribution in [0.2, 0.25) is 0 Å². The van der Waals surface area contributed by atoms with Crippen molar-refractivity contribution in [2.75, 3.05) is 0 Å². The third kappa shape index (κ3) is 2.74. The van der Waals surface area contributed by atoms with Crippen LogP contribution in [0.15, 0.2) is 48.5 Å². The minimum Gasteiger partial charge on any atom is -0.480 e. The Morgan fingerprint density at radius 1 is 1.08 bits per heavy atom. The Morgan fingerprint density at radius 2 is 1.77 bits per heavy atom. The summed E-state index contributed by atoms with van der Waals surface area (Å²) in [6.07, 6.45) is -4.10. The Morgan fingerprint density at radius 3 is 2.42 bits per heavy atom. The molecule has 134 valence electrons. The molecule has 7 heteroatoms. The first-order chi connectivity index (χ1) is 12.3. The quantitative estimate of drug-likeness (QED) is 0.650. The summed E-state index contributed by atoms with van der Waals surface area (Å²) in [5.74, 6) is -0.988. The first kappa shape index (κ1) is 16.7. The number of aromatic nitrogens is 1. The summed E-state index contributed by atoms with van der Waals surface area (Å²) in [6, 6.07) is 11.0. The molecule has 2 aromatic carbocycles. The highest BCUT2D eigenvalue weighted by Gasteiger charge is 2.35. The number of halogens is 3. The lowest BCUT2D eigenvalue weighted by Crippen LogP contribution is -2.44. The minimum absolute atomic E-state index is 0.311. The number of hydrogen-bond donors (Lipinski definition) is 3. The maximum absolute atomic E-state index is 12.8. The van der Waals surface area contributed by atoms with E-state index in [0.29, 0.717) is 12.0 Å². The van der Waals surface area contributed by atoms with Gasteiger partial charge in [0.25, 0.3) is 0 Å². The average Bonchev–Trinajstić information content (AvgIpc) is 2.99. The van der Waals surface area contributed by atoms with Crippen molar-refractivity contribution in [1.82, 2.24) is 10.3 Å². The number of fused-ring (bicyclic) bond motifs is 3. The van der Waals surface area contributed by atoms with Gasteiger partial charge in [0.2, 0.25) is 0 Å². The second-order valence-corrected chi connectivity index (χ2v) is 6.38. The smallest absolute Gasteiger partial charge is 0.416 e. The van der Waals surface area contributed by atoms with E-state index in [9.17, 15) is 23.1 Å². The van der Waals surface area contributed by atoms with Crippen LogP contribution in [0.25, 0.3) is 10.9 Å². The first-order valence-corrected chi connectivity index (χ1v) is 8.10. The van der Waals surface area contributed by atoms with Crippen molar-refractivity contribution in [3.8, 4) is 0 Å².